The molecule has 26 heavy (non-hydrogen) atoms. The van der Waals surface area contributed by atoms with Crippen LogP contribution in [0.2, 0.25) is 0 Å². The number of carbonyl (C=O) groups excluding carboxylic acids is 1. The Hall–Kier alpha value is -2.30. The van der Waals surface area contributed by atoms with E-state index in [0.717, 1.165) is 25.8 Å². The number of hydrogen-bond acceptors (Lipinski definition) is 5. The van der Waals surface area contributed by atoms with E-state index in [0.29, 0.717) is 30.5 Å². The number of halogens is 3. The Balaban J connectivity index is 1.76. The van der Waals surface area contributed by atoms with Gasteiger partial charge in [0.15, 0.2) is 5.96 Å². The molecule has 1 aliphatic heterocycles. The summed E-state index contributed by atoms with van der Waals surface area (Å²) in [7, 11) is 2.71. The van der Waals surface area contributed by atoms with Gasteiger partial charge >= 0.3 is 6.18 Å². The van der Waals surface area contributed by atoms with E-state index in [1.807, 2.05) is 11.0 Å². The van der Waals surface area contributed by atoms with Crippen molar-refractivity contribution in [2.24, 2.45) is 4.99 Å². The molecule has 1 aromatic rings. The highest BCUT2D eigenvalue weighted by Gasteiger charge is 2.31. The fourth-order valence-corrected chi connectivity index (χ4v) is 2.64. The Labute approximate surface area is 149 Å². The Morgan fingerprint density at radius 3 is 2.62 bits per heavy atom. The first-order chi connectivity index (χ1) is 12.3. The molecule has 11 heteroatoms. The van der Waals surface area contributed by atoms with Gasteiger partial charge in [-0.15, -0.1) is 0 Å². The van der Waals surface area contributed by atoms with Crippen molar-refractivity contribution in [1.82, 2.24) is 25.2 Å². The third-order valence-corrected chi connectivity index (χ3v) is 4.00. The van der Waals surface area contributed by atoms with E-state index in [-0.39, 0.29) is 6.54 Å². The summed E-state index contributed by atoms with van der Waals surface area (Å²) >= 11 is 0. The molecule has 0 spiro atoms. The Bertz CT molecular complexity index is 597. The summed E-state index contributed by atoms with van der Waals surface area (Å²) in [6.45, 7) is 2.10. The van der Waals surface area contributed by atoms with Gasteiger partial charge in [-0.05, 0) is 0 Å². The van der Waals surface area contributed by atoms with Crippen LogP contribution in [0.25, 0.3) is 0 Å². The van der Waals surface area contributed by atoms with Gasteiger partial charge in [0.25, 0.3) is 0 Å². The van der Waals surface area contributed by atoms with Gasteiger partial charge in [-0.1, -0.05) is 5.16 Å². The lowest BCUT2D eigenvalue weighted by Gasteiger charge is -2.36. The molecule has 2 rings (SSSR count). The number of nitrogens with one attached hydrogen (secondary N) is 1. The lowest BCUT2D eigenvalue weighted by atomic mass is 10.3. The third kappa shape index (κ3) is 6.21. The van der Waals surface area contributed by atoms with Crippen molar-refractivity contribution in [3.63, 3.8) is 0 Å². The van der Waals surface area contributed by atoms with Gasteiger partial charge in [0, 0.05) is 52.9 Å². The van der Waals surface area contributed by atoms with Crippen LogP contribution in [-0.2, 0) is 11.3 Å². The smallest absolute Gasteiger partial charge is 0.364 e. The topological polar surface area (TPSA) is 77.2 Å². The number of amides is 1. The molecule has 0 aromatic carbocycles. The summed E-state index contributed by atoms with van der Waals surface area (Å²) in [6.07, 6.45) is -2.88. The zero-order valence-electron chi connectivity index (χ0n) is 14.8. The summed E-state index contributed by atoms with van der Waals surface area (Å²) < 4.78 is 41.8. The predicted octanol–water partition coefficient (Wildman–Crippen LogP) is 0.388. The van der Waals surface area contributed by atoms with Crippen LogP contribution >= 0.6 is 0 Å². The SMILES string of the molecule is CN=C(NCC(=O)N(C)CC(F)(F)F)N1CCN(Cc2ccon2)CC1. The van der Waals surface area contributed by atoms with E-state index < -0.39 is 18.6 Å². The molecular formula is C15H23F3N6O2. The molecule has 8 nitrogen and oxygen atoms in total. The molecule has 2 heterocycles. The van der Waals surface area contributed by atoms with Gasteiger partial charge in [0.2, 0.25) is 5.91 Å². The van der Waals surface area contributed by atoms with Crippen molar-refractivity contribution >= 4 is 11.9 Å². The number of likely N-dealkylation sites (N-methyl/N-ethyl adjacent to an activating group) is 1. The van der Waals surface area contributed by atoms with E-state index in [9.17, 15) is 18.0 Å². The first-order valence-electron chi connectivity index (χ1n) is 8.16. The minimum Gasteiger partial charge on any atom is -0.364 e. The molecule has 0 radical (unpaired) electrons. The summed E-state index contributed by atoms with van der Waals surface area (Å²) in [5, 5.41) is 6.72. The number of piperazine rings is 1. The predicted molar refractivity (Wildman–Crippen MR) is 88.4 cm³/mol. The van der Waals surface area contributed by atoms with E-state index in [2.05, 4.69) is 20.4 Å². The van der Waals surface area contributed by atoms with Gasteiger partial charge in [0.1, 0.15) is 12.8 Å². The molecule has 1 aromatic heterocycles. The molecular weight excluding hydrogens is 353 g/mol. The zero-order valence-corrected chi connectivity index (χ0v) is 14.8. The van der Waals surface area contributed by atoms with Crippen molar-refractivity contribution in [1.29, 1.82) is 0 Å². The molecule has 1 fully saturated rings. The molecule has 0 aliphatic carbocycles. The van der Waals surface area contributed by atoms with Crippen LogP contribution in [0.15, 0.2) is 21.8 Å². The second-order valence-electron chi connectivity index (χ2n) is 6.02. The van der Waals surface area contributed by atoms with Crippen molar-refractivity contribution in [2.75, 3.05) is 53.4 Å². The second-order valence-corrected chi connectivity index (χ2v) is 6.02. The fraction of sp³-hybridized carbons (Fsp3) is 0.667. The summed E-state index contributed by atoms with van der Waals surface area (Å²) in [5.74, 6) is -0.145. The van der Waals surface area contributed by atoms with Gasteiger partial charge < -0.3 is 19.6 Å². The first kappa shape index (κ1) is 20.0. The minimum absolute atomic E-state index is 0.238. The summed E-state index contributed by atoms with van der Waals surface area (Å²) in [6, 6.07) is 1.82. The molecule has 0 saturated carbocycles. The second kappa shape index (κ2) is 8.88. The third-order valence-electron chi connectivity index (χ3n) is 4.00. The van der Waals surface area contributed by atoms with Crippen molar-refractivity contribution in [3.8, 4) is 0 Å². The largest absolute Gasteiger partial charge is 0.406 e. The van der Waals surface area contributed by atoms with Gasteiger partial charge in [-0.3, -0.25) is 14.7 Å². The lowest BCUT2D eigenvalue weighted by Crippen LogP contribution is -2.53. The van der Waals surface area contributed by atoms with Crippen LogP contribution in [0.5, 0.6) is 0 Å². The van der Waals surface area contributed by atoms with E-state index in [1.165, 1.54) is 6.26 Å². The number of alkyl halides is 3. The number of aliphatic imine (C=N–C) groups is 1. The average molecular weight is 376 g/mol. The molecule has 1 N–H and O–H groups in total. The van der Waals surface area contributed by atoms with E-state index in [1.54, 1.807) is 7.05 Å². The number of aromatic nitrogens is 1. The van der Waals surface area contributed by atoms with Crippen LogP contribution in [-0.4, -0.2) is 91.3 Å². The highest BCUT2D eigenvalue weighted by atomic mass is 19.4. The molecule has 146 valence electrons. The number of hydrogen-bond donors (Lipinski definition) is 1. The lowest BCUT2D eigenvalue weighted by molar-refractivity contribution is -0.157. The maximum atomic E-state index is 12.3. The highest BCUT2D eigenvalue weighted by molar-refractivity contribution is 5.86. The monoisotopic (exact) mass is 376 g/mol. The fourth-order valence-electron chi connectivity index (χ4n) is 2.64. The number of guanidine groups is 1. The van der Waals surface area contributed by atoms with Crippen molar-refractivity contribution < 1.29 is 22.5 Å². The number of carbonyl (C=O) groups is 1. The maximum absolute atomic E-state index is 12.3. The molecule has 1 amide bonds. The highest BCUT2D eigenvalue weighted by Crippen LogP contribution is 2.15. The normalized spacial score (nSPS) is 16.7. The summed E-state index contributed by atoms with van der Waals surface area (Å²) in [5.41, 5.74) is 0.860. The summed E-state index contributed by atoms with van der Waals surface area (Å²) in [4.78, 5) is 20.8. The number of rotatable bonds is 5. The quantitative estimate of drug-likeness (QED) is 0.592. The molecule has 0 unspecified atom stereocenters. The van der Waals surface area contributed by atoms with Crippen molar-refractivity contribution in [3.05, 3.63) is 18.0 Å². The van der Waals surface area contributed by atoms with E-state index in [4.69, 9.17) is 4.52 Å². The van der Waals surface area contributed by atoms with Crippen molar-refractivity contribution in [2.45, 2.75) is 12.7 Å². The molecule has 1 saturated heterocycles. The molecule has 1 aliphatic rings. The van der Waals surface area contributed by atoms with Gasteiger partial charge in [-0.25, -0.2) is 0 Å². The average Bonchev–Trinajstić information content (AvgIpc) is 3.08. The van der Waals surface area contributed by atoms with Crippen LogP contribution < -0.4 is 5.32 Å². The van der Waals surface area contributed by atoms with Crippen LogP contribution in [0.4, 0.5) is 13.2 Å². The zero-order chi connectivity index (χ0) is 19.2. The standard InChI is InChI=1S/C15H23F3N6O2/c1-19-14(20-9-13(25)22(2)11-15(16,17)18)24-6-4-23(5-7-24)10-12-3-8-26-21-12/h3,8H,4-7,9-11H2,1-2H3,(H,19,20). The molecule has 0 atom stereocenters. The van der Waals surface area contributed by atoms with Crippen LogP contribution in [0, 0.1) is 0 Å². The number of nitrogens with zero attached hydrogens (tertiary/aromatic N) is 5. The Morgan fingerprint density at radius 1 is 1.38 bits per heavy atom. The van der Waals surface area contributed by atoms with Crippen LogP contribution in [0.1, 0.15) is 5.69 Å². The minimum atomic E-state index is -4.41. The maximum Gasteiger partial charge on any atom is 0.406 e. The Morgan fingerprint density at radius 2 is 2.08 bits per heavy atom. The molecule has 0 bridgehead atoms. The van der Waals surface area contributed by atoms with Gasteiger partial charge in [-0.2, -0.15) is 13.2 Å². The Kier molecular flexibility index (Phi) is 6.83. The van der Waals surface area contributed by atoms with E-state index >= 15 is 0 Å². The van der Waals surface area contributed by atoms with Crippen LogP contribution in [0.3, 0.4) is 0 Å². The van der Waals surface area contributed by atoms with Gasteiger partial charge in [0.05, 0.1) is 12.2 Å². The first-order valence-corrected chi connectivity index (χ1v) is 8.16.